The number of hydrogen-bond acceptors (Lipinski definition) is 5. The summed E-state index contributed by atoms with van der Waals surface area (Å²) in [7, 11) is 0. The molecule has 0 saturated carbocycles. The van der Waals surface area contributed by atoms with Crippen LogP contribution in [0.25, 0.3) is 0 Å². The smallest absolute Gasteiger partial charge is 0.216 e. The minimum Gasteiger partial charge on any atom is -0.444 e. The molecule has 0 aliphatic rings. The topological polar surface area (TPSA) is 81.9 Å². The first-order chi connectivity index (χ1) is 8.52. The third-order valence-corrected chi connectivity index (χ3v) is 2.84. The summed E-state index contributed by atoms with van der Waals surface area (Å²) in [5.41, 5.74) is 7.52. The predicted octanol–water partition coefficient (Wildman–Crippen LogP) is 2.26. The van der Waals surface area contributed by atoms with Crippen molar-refractivity contribution in [3.63, 3.8) is 0 Å². The molecule has 18 heavy (non-hydrogen) atoms. The Bertz CT molecular complexity index is 543. The summed E-state index contributed by atoms with van der Waals surface area (Å²) in [6, 6.07) is -0.0533. The maximum absolute atomic E-state index is 6.01. The van der Waals surface area contributed by atoms with Crippen molar-refractivity contribution < 1.29 is 4.42 Å². The van der Waals surface area contributed by atoms with Gasteiger partial charge >= 0.3 is 0 Å². The van der Waals surface area contributed by atoms with Crippen LogP contribution in [0, 0.1) is 13.8 Å². The first-order valence-corrected chi connectivity index (χ1v) is 6.04. The number of aryl methyl sites for hydroxylation is 3. The van der Waals surface area contributed by atoms with Gasteiger partial charge in [-0.3, -0.25) is 0 Å². The van der Waals surface area contributed by atoms with Gasteiger partial charge in [-0.15, -0.1) is 0 Å². The molecule has 0 radical (unpaired) electrons. The lowest BCUT2D eigenvalue weighted by Gasteiger charge is -2.13. The summed E-state index contributed by atoms with van der Waals surface area (Å²) in [6.07, 6.45) is 1.71. The van der Waals surface area contributed by atoms with Crippen molar-refractivity contribution in [3.8, 4) is 0 Å². The first kappa shape index (κ1) is 12.5. The Balaban J connectivity index is 2.23. The average molecular weight is 249 g/mol. The zero-order valence-corrected chi connectivity index (χ0v) is 11.2. The van der Waals surface area contributed by atoms with E-state index in [1.165, 1.54) is 0 Å². The van der Waals surface area contributed by atoms with Gasteiger partial charge in [-0.2, -0.15) is 5.10 Å². The van der Waals surface area contributed by atoms with Gasteiger partial charge in [-0.05, 0) is 27.7 Å². The molecule has 0 aromatic carbocycles. The van der Waals surface area contributed by atoms with Crippen molar-refractivity contribution in [2.75, 3.05) is 11.1 Å². The third-order valence-electron chi connectivity index (χ3n) is 2.84. The number of nitrogen functional groups attached to an aromatic ring is 1. The fourth-order valence-electron chi connectivity index (χ4n) is 1.82. The SMILES string of the molecule is CCn1nc(C)c(N)c1NC(C)c1ncc(C)o1. The van der Waals surface area contributed by atoms with Crippen molar-refractivity contribution in [1.29, 1.82) is 0 Å². The van der Waals surface area contributed by atoms with E-state index in [4.69, 9.17) is 10.2 Å². The van der Waals surface area contributed by atoms with Gasteiger partial charge in [-0.1, -0.05) is 0 Å². The van der Waals surface area contributed by atoms with E-state index in [2.05, 4.69) is 15.4 Å². The molecule has 2 rings (SSSR count). The molecular formula is C12H19N5O. The van der Waals surface area contributed by atoms with Gasteiger partial charge in [0.1, 0.15) is 17.6 Å². The van der Waals surface area contributed by atoms with Crippen LogP contribution >= 0.6 is 0 Å². The Hall–Kier alpha value is -1.98. The van der Waals surface area contributed by atoms with E-state index in [1.54, 1.807) is 6.20 Å². The van der Waals surface area contributed by atoms with Crippen molar-refractivity contribution in [2.45, 2.75) is 40.3 Å². The Morgan fingerprint density at radius 3 is 2.78 bits per heavy atom. The van der Waals surface area contributed by atoms with Crippen molar-refractivity contribution in [1.82, 2.24) is 14.8 Å². The molecule has 1 atom stereocenters. The molecule has 2 aromatic heterocycles. The number of aromatic nitrogens is 3. The van der Waals surface area contributed by atoms with E-state index in [1.807, 2.05) is 32.4 Å². The van der Waals surface area contributed by atoms with Crippen LogP contribution in [0.5, 0.6) is 0 Å². The molecule has 2 heterocycles. The molecular weight excluding hydrogens is 230 g/mol. The van der Waals surface area contributed by atoms with Crippen LogP contribution in [0.1, 0.15) is 37.2 Å². The highest BCUT2D eigenvalue weighted by atomic mass is 16.4. The van der Waals surface area contributed by atoms with Crippen LogP contribution in [-0.4, -0.2) is 14.8 Å². The van der Waals surface area contributed by atoms with Gasteiger partial charge in [0, 0.05) is 6.54 Å². The summed E-state index contributed by atoms with van der Waals surface area (Å²) < 4.78 is 7.34. The number of hydrogen-bond donors (Lipinski definition) is 2. The molecule has 0 fully saturated rings. The molecule has 0 aliphatic heterocycles. The van der Waals surface area contributed by atoms with E-state index < -0.39 is 0 Å². The van der Waals surface area contributed by atoms with E-state index >= 15 is 0 Å². The first-order valence-electron chi connectivity index (χ1n) is 6.04. The number of nitrogens with one attached hydrogen (secondary N) is 1. The van der Waals surface area contributed by atoms with E-state index in [0.29, 0.717) is 11.6 Å². The fourth-order valence-corrected chi connectivity index (χ4v) is 1.82. The molecule has 3 N–H and O–H groups in total. The number of anilines is 2. The summed E-state index contributed by atoms with van der Waals surface area (Å²) in [5.74, 6) is 2.26. The number of oxazole rings is 1. The Morgan fingerprint density at radius 1 is 1.50 bits per heavy atom. The van der Waals surface area contributed by atoms with E-state index in [0.717, 1.165) is 23.8 Å². The van der Waals surface area contributed by atoms with E-state index in [9.17, 15) is 0 Å². The Kier molecular flexibility index (Phi) is 3.27. The van der Waals surface area contributed by atoms with Crippen LogP contribution in [0.2, 0.25) is 0 Å². The van der Waals surface area contributed by atoms with E-state index in [-0.39, 0.29) is 6.04 Å². The van der Waals surface area contributed by atoms with Gasteiger partial charge in [0.15, 0.2) is 0 Å². The molecule has 0 aliphatic carbocycles. The van der Waals surface area contributed by atoms with Gasteiger partial charge in [0.05, 0.1) is 17.6 Å². The molecule has 2 aromatic rings. The summed E-state index contributed by atoms with van der Waals surface area (Å²) in [4.78, 5) is 4.20. The molecule has 0 spiro atoms. The van der Waals surface area contributed by atoms with Gasteiger partial charge < -0.3 is 15.5 Å². The lowest BCUT2D eigenvalue weighted by atomic mass is 10.3. The molecule has 0 bridgehead atoms. The lowest BCUT2D eigenvalue weighted by molar-refractivity contribution is 0.452. The second-order valence-electron chi connectivity index (χ2n) is 4.34. The quantitative estimate of drug-likeness (QED) is 0.868. The van der Waals surface area contributed by atoms with Gasteiger partial charge in [-0.25, -0.2) is 9.67 Å². The van der Waals surface area contributed by atoms with Gasteiger partial charge in [0.25, 0.3) is 0 Å². The third kappa shape index (κ3) is 2.18. The Morgan fingerprint density at radius 2 is 2.22 bits per heavy atom. The highest BCUT2D eigenvalue weighted by Crippen LogP contribution is 2.26. The zero-order chi connectivity index (χ0) is 13.3. The normalized spacial score (nSPS) is 12.7. The molecule has 0 saturated heterocycles. The average Bonchev–Trinajstić information content (AvgIpc) is 2.88. The van der Waals surface area contributed by atoms with Crippen LogP contribution in [0.15, 0.2) is 10.6 Å². The zero-order valence-electron chi connectivity index (χ0n) is 11.2. The maximum atomic E-state index is 6.01. The number of nitrogens with zero attached hydrogens (tertiary/aromatic N) is 3. The minimum atomic E-state index is -0.0533. The van der Waals surface area contributed by atoms with Crippen molar-refractivity contribution in [2.24, 2.45) is 0 Å². The fraction of sp³-hybridized carbons (Fsp3) is 0.500. The molecule has 6 nitrogen and oxygen atoms in total. The van der Waals surface area contributed by atoms with Crippen LogP contribution in [0.4, 0.5) is 11.5 Å². The largest absolute Gasteiger partial charge is 0.444 e. The summed E-state index contributed by atoms with van der Waals surface area (Å²) in [5, 5.41) is 7.66. The Labute approximate surface area is 106 Å². The molecule has 6 heteroatoms. The molecule has 1 unspecified atom stereocenters. The standard InChI is InChI=1S/C12H19N5O/c1-5-17-11(10(13)8(3)16-17)15-9(4)12-14-6-7(2)18-12/h6,9,15H,5,13H2,1-4H3. The summed E-state index contributed by atoms with van der Waals surface area (Å²) in [6.45, 7) is 8.53. The number of rotatable bonds is 4. The van der Waals surface area contributed by atoms with Crippen LogP contribution in [-0.2, 0) is 6.54 Å². The maximum Gasteiger partial charge on any atom is 0.216 e. The highest BCUT2D eigenvalue weighted by Gasteiger charge is 2.17. The summed E-state index contributed by atoms with van der Waals surface area (Å²) >= 11 is 0. The van der Waals surface area contributed by atoms with Gasteiger partial charge in [0.2, 0.25) is 5.89 Å². The van der Waals surface area contributed by atoms with Crippen molar-refractivity contribution >= 4 is 11.5 Å². The lowest BCUT2D eigenvalue weighted by Crippen LogP contribution is -2.12. The second kappa shape index (κ2) is 4.72. The molecule has 0 amide bonds. The van der Waals surface area contributed by atoms with Crippen molar-refractivity contribution in [3.05, 3.63) is 23.5 Å². The molecule has 98 valence electrons. The van der Waals surface area contributed by atoms with Crippen LogP contribution in [0.3, 0.4) is 0 Å². The second-order valence-corrected chi connectivity index (χ2v) is 4.34. The monoisotopic (exact) mass is 249 g/mol. The van der Waals surface area contributed by atoms with Crippen LogP contribution < -0.4 is 11.1 Å². The minimum absolute atomic E-state index is 0.0533. The predicted molar refractivity (Wildman–Crippen MR) is 70.3 cm³/mol. The number of nitrogens with two attached hydrogens (primary N) is 1. The highest BCUT2D eigenvalue weighted by molar-refractivity contribution is 5.65.